The van der Waals surface area contributed by atoms with E-state index in [4.69, 9.17) is 0 Å². The zero-order chi connectivity index (χ0) is 12.3. The molecule has 2 atom stereocenters. The van der Waals surface area contributed by atoms with Crippen LogP contribution in [0.4, 0.5) is 4.39 Å². The van der Waals surface area contributed by atoms with Gasteiger partial charge in [0.1, 0.15) is 5.82 Å². The first-order valence-corrected chi connectivity index (χ1v) is 7.17. The Hall–Kier alpha value is -0.410. The molecule has 1 fully saturated rings. The van der Waals surface area contributed by atoms with Crippen LogP contribution in [0.15, 0.2) is 22.7 Å². The summed E-state index contributed by atoms with van der Waals surface area (Å²) in [7, 11) is 0. The monoisotopic (exact) mass is 299 g/mol. The molecule has 1 aliphatic heterocycles. The molecule has 1 aromatic rings. The molecule has 3 heteroatoms. The number of rotatable bonds is 3. The summed E-state index contributed by atoms with van der Waals surface area (Å²) in [6, 6.07) is 5.59. The van der Waals surface area contributed by atoms with Crippen LogP contribution < -0.4 is 5.32 Å². The van der Waals surface area contributed by atoms with E-state index in [1.54, 1.807) is 6.07 Å². The number of halogens is 2. The van der Waals surface area contributed by atoms with Crippen molar-refractivity contribution in [1.82, 2.24) is 5.32 Å². The summed E-state index contributed by atoms with van der Waals surface area (Å²) in [5.41, 5.74) is 1.16. The fourth-order valence-electron chi connectivity index (χ4n) is 2.78. The van der Waals surface area contributed by atoms with Gasteiger partial charge in [0, 0.05) is 0 Å². The standard InChI is InChI=1S/C14H19BrFN/c1-2-3-11-9-17-7-6-12(11)10-4-5-13(15)14(16)8-10/h4-5,8,11-12,17H,2-3,6-7,9H2,1H3. The summed E-state index contributed by atoms with van der Waals surface area (Å²) in [5, 5.41) is 3.44. The first-order valence-electron chi connectivity index (χ1n) is 6.38. The van der Waals surface area contributed by atoms with E-state index in [9.17, 15) is 4.39 Å². The molecule has 1 N–H and O–H groups in total. The lowest BCUT2D eigenvalue weighted by Crippen LogP contribution is -2.35. The van der Waals surface area contributed by atoms with E-state index in [1.165, 1.54) is 12.8 Å². The van der Waals surface area contributed by atoms with Crippen LogP contribution in [0.5, 0.6) is 0 Å². The Kier molecular flexibility index (Phi) is 4.57. The van der Waals surface area contributed by atoms with Gasteiger partial charge in [0.15, 0.2) is 0 Å². The molecule has 0 radical (unpaired) electrons. The molecule has 2 rings (SSSR count). The van der Waals surface area contributed by atoms with Gasteiger partial charge in [-0.05, 0) is 71.4 Å². The van der Waals surface area contributed by atoms with E-state index in [0.29, 0.717) is 16.3 Å². The zero-order valence-electron chi connectivity index (χ0n) is 10.2. The number of nitrogens with one attached hydrogen (secondary N) is 1. The molecule has 0 aromatic heterocycles. The zero-order valence-corrected chi connectivity index (χ0v) is 11.8. The van der Waals surface area contributed by atoms with Crippen LogP contribution in [0.1, 0.15) is 37.7 Å². The molecule has 1 aliphatic rings. The average Bonchev–Trinajstić information content (AvgIpc) is 2.34. The predicted octanol–water partition coefficient (Wildman–Crippen LogP) is 4.08. The molecule has 1 saturated heterocycles. The first kappa shape index (κ1) is 13.0. The number of hydrogen-bond donors (Lipinski definition) is 1. The molecular weight excluding hydrogens is 281 g/mol. The Morgan fingerprint density at radius 2 is 2.29 bits per heavy atom. The molecule has 0 spiro atoms. The minimum atomic E-state index is -0.142. The Balaban J connectivity index is 2.20. The van der Waals surface area contributed by atoms with Crippen LogP contribution >= 0.6 is 15.9 Å². The van der Waals surface area contributed by atoms with Gasteiger partial charge in [-0.25, -0.2) is 4.39 Å². The molecule has 2 unspecified atom stereocenters. The van der Waals surface area contributed by atoms with E-state index >= 15 is 0 Å². The second kappa shape index (κ2) is 5.96. The molecule has 0 aliphatic carbocycles. The Bertz CT molecular complexity index is 378. The third-order valence-corrected chi connectivity index (χ3v) is 4.28. The van der Waals surface area contributed by atoms with Gasteiger partial charge >= 0.3 is 0 Å². The molecule has 0 saturated carbocycles. The van der Waals surface area contributed by atoms with Crippen molar-refractivity contribution in [1.29, 1.82) is 0 Å². The quantitative estimate of drug-likeness (QED) is 0.887. The maximum absolute atomic E-state index is 13.6. The van der Waals surface area contributed by atoms with Gasteiger partial charge in [0.2, 0.25) is 0 Å². The molecule has 1 aromatic carbocycles. The van der Waals surface area contributed by atoms with E-state index < -0.39 is 0 Å². The van der Waals surface area contributed by atoms with Gasteiger partial charge in [-0.15, -0.1) is 0 Å². The number of benzene rings is 1. The van der Waals surface area contributed by atoms with Crippen LogP contribution in [-0.2, 0) is 0 Å². The van der Waals surface area contributed by atoms with Crippen molar-refractivity contribution in [3.05, 3.63) is 34.1 Å². The highest BCUT2D eigenvalue weighted by molar-refractivity contribution is 9.10. The van der Waals surface area contributed by atoms with Gasteiger partial charge in [0.25, 0.3) is 0 Å². The van der Waals surface area contributed by atoms with Crippen molar-refractivity contribution < 1.29 is 4.39 Å². The van der Waals surface area contributed by atoms with E-state index in [1.807, 2.05) is 6.07 Å². The minimum absolute atomic E-state index is 0.142. The van der Waals surface area contributed by atoms with Crippen LogP contribution in [0.3, 0.4) is 0 Å². The van der Waals surface area contributed by atoms with Crippen LogP contribution in [0, 0.1) is 11.7 Å². The summed E-state index contributed by atoms with van der Waals surface area (Å²) in [4.78, 5) is 0. The maximum Gasteiger partial charge on any atom is 0.137 e. The third kappa shape index (κ3) is 3.08. The molecular formula is C14H19BrFN. The molecule has 1 heterocycles. The number of hydrogen-bond acceptors (Lipinski definition) is 1. The summed E-state index contributed by atoms with van der Waals surface area (Å²) >= 11 is 3.21. The van der Waals surface area contributed by atoms with Gasteiger partial charge in [-0.1, -0.05) is 19.4 Å². The molecule has 0 bridgehead atoms. The van der Waals surface area contributed by atoms with Crippen molar-refractivity contribution in [3.8, 4) is 0 Å². The summed E-state index contributed by atoms with van der Waals surface area (Å²) in [5.74, 6) is 1.02. The summed E-state index contributed by atoms with van der Waals surface area (Å²) in [6.45, 7) is 4.33. The van der Waals surface area contributed by atoms with Gasteiger partial charge in [0.05, 0.1) is 4.47 Å². The Labute approximate surface area is 111 Å². The SMILES string of the molecule is CCCC1CNCCC1c1ccc(Br)c(F)c1. The smallest absolute Gasteiger partial charge is 0.137 e. The topological polar surface area (TPSA) is 12.0 Å². The second-order valence-corrected chi connectivity index (χ2v) is 5.68. The predicted molar refractivity (Wildman–Crippen MR) is 72.7 cm³/mol. The van der Waals surface area contributed by atoms with Crippen LogP contribution in [-0.4, -0.2) is 13.1 Å². The third-order valence-electron chi connectivity index (χ3n) is 3.64. The van der Waals surface area contributed by atoms with Crippen molar-refractivity contribution in [2.24, 2.45) is 5.92 Å². The molecule has 17 heavy (non-hydrogen) atoms. The van der Waals surface area contributed by atoms with Crippen LogP contribution in [0.2, 0.25) is 0 Å². The maximum atomic E-state index is 13.6. The van der Waals surface area contributed by atoms with Crippen molar-refractivity contribution in [2.45, 2.75) is 32.1 Å². The first-order chi connectivity index (χ1) is 8.22. The highest BCUT2D eigenvalue weighted by Gasteiger charge is 2.25. The molecule has 94 valence electrons. The largest absolute Gasteiger partial charge is 0.316 e. The average molecular weight is 300 g/mol. The second-order valence-electron chi connectivity index (χ2n) is 4.82. The molecule has 1 nitrogen and oxygen atoms in total. The van der Waals surface area contributed by atoms with Crippen LogP contribution in [0.25, 0.3) is 0 Å². The lowest BCUT2D eigenvalue weighted by atomic mass is 9.79. The Morgan fingerprint density at radius 3 is 3.00 bits per heavy atom. The Morgan fingerprint density at radius 1 is 1.47 bits per heavy atom. The van der Waals surface area contributed by atoms with Gasteiger partial charge in [-0.3, -0.25) is 0 Å². The van der Waals surface area contributed by atoms with E-state index in [-0.39, 0.29) is 5.82 Å². The van der Waals surface area contributed by atoms with E-state index in [0.717, 1.165) is 25.1 Å². The highest BCUT2D eigenvalue weighted by Crippen LogP contribution is 2.34. The van der Waals surface area contributed by atoms with Crippen molar-refractivity contribution in [2.75, 3.05) is 13.1 Å². The van der Waals surface area contributed by atoms with Crippen molar-refractivity contribution in [3.63, 3.8) is 0 Å². The summed E-state index contributed by atoms with van der Waals surface area (Å²) in [6.07, 6.45) is 3.53. The lowest BCUT2D eigenvalue weighted by molar-refractivity contribution is 0.306. The lowest BCUT2D eigenvalue weighted by Gasteiger charge is -2.32. The normalized spacial score (nSPS) is 24.9. The fourth-order valence-corrected chi connectivity index (χ4v) is 3.03. The molecule has 0 amide bonds. The highest BCUT2D eigenvalue weighted by atomic mass is 79.9. The van der Waals surface area contributed by atoms with Gasteiger partial charge in [-0.2, -0.15) is 0 Å². The van der Waals surface area contributed by atoms with Crippen molar-refractivity contribution >= 4 is 15.9 Å². The summed E-state index contributed by atoms with van der Waals surface area (Å²) < 4.78 is 14.1. The van der Waals surface area contributed by atoms with Gasteiger partial charge < -0.3 is 5.32 Å². The number of piperidine rings is 1. The minimum Gasteiger partial charge on any atom is -0.316 e. The van der Waals surface area contributed by atoms with E-state index in [2.05, 4.69) is 34.2 Å². The fraction of sp³-hybridized carbons (Fsp3) is 0.571.